The Kier molecular flexibility index (Phi) is 3.19. The molecule has 0 heterocycles. The highest BCUT2D eigenvalue weighted by molar-refractivity contribution is 5.92. The second kappa shape index (κ2) is 4.55. The van der Waals surface area contributed by atoms with Gasteiger partial charge in [0, 0.05) is 11.3 Å². The van der Waals surface area contributed by atoms with Crippen LogP contribution in [0.15, 0.2) is 12.2 Å². The number of allylic oxidation sites excluding steroid dienone is 2. The lowest BCUT2D eigenvalue weighted by Crippen LogP contribution is -2.57. The summed E-state index contributed by atoms with van der Waals surface area (Å²) in [6.45, 7) is 13.5. The van der Waals surface area contributed by atoms with E-state index >= 15 is 0 Å². The molecule has 0 aromatic carbocycles. The van der Waals surface area contributed by atoms with Crippen LogP contribution in [0, 0.1) is 45.8 Å². The van der Waals surface area contributed by atoms with Gasteiger partial charge in [0.15, 0.2) is 5.78 Å². The van der Waals surface area contributed by atoms with Gasteiger partial charge in [0.05, 0.1) is 0 Å². The Labute approximate surface area is 147 Å². The van der Waals surface area contributed by atoms with E-state index in [1.165, 1.54) is 6.42 Å². The lowest BCUT2D eigenvalue weighted by Gasteiger charge is -2.47. The minimum atomic E-state index is -1.12. The summed E-state index contributed by atoms with van der Waals surface area (Å²) in [5.74, 6) is 1.91. The van der Waals surface area contributed by atoms with Gasteiger partial charge in [-0.25, -0.2) is 0 Å². The molecule has 0 aromatic rings. The maximum Gasteiger partial charge on any atom is 0.168 e. The summed E-state index contributed by atoms with van der Waals surface area (Å²) in [6.07, 6.45) is 8.55. The van der Waals surface area contributed by atoms with E-state index in [1.54, 1.807) is 0 Å². The van der Waals surface area contributed by atoms with Gasteiger partial charge >= 0.3 is 0 Å². The molecular formula is C22H34O2. The fraction of sp³-hybridized carbons (Fsp3) is 0.864. The van der Waals surface area contributed by atoms with Crippen molar-refractivity contribution in [2.45, 2.75) is 72.8 Å². The Morgan fingerprint density at radius 2 is 1.75 bits per heavy atom. The van der Waals surface area contributed by atoms with Gasteiger partial charge in [-0.05, 0) is 60.2 Å². The van der Waals surface area contributed by atoms with Gasteiger partial charge in [0.1, 0.15) is 5.60 Å². The van der Waals surface area contributed by atoms with Crippen molar-refractivity contribution in [2.24, 2.45) is 45.8 Å². The molecule has 4 aliphatic rings. The third kappa shape index (κ3) is 1.74. The molecule has 3 saturated carbocycles. The first kappa shape index (κ1) is 16.8. The average Bonchev–Trinajstić information content (AvgIpc) is 3.16. The second-order valence-electron chi connectivity index (χ2n) is 11.1. The van der Waals surface area contributed by atoms with Gasteiger partial charge in [-0.1, -0.05) is 53.7 Å². The van der Waals surface area contributed by atoms with Gasteiger partial charge in [-0.15, -0.1) is 0 Å². The van der Waals surface area contributed by atoms with Gasteiger partial charge < -0.3 is 5.11 Å². The van der Waals surface area contributed by atoms with E-state index in [1.807, 2.05) is 0 Å². The second-order valence-corrected chi connectivity index (χ2v) is 11.1. The Hall–Kier alpha value is -0.630. The van der Waals surface area contributed by atoms with E-state index in [-0.39, 0.29) is 27.9 Å². The number of Topliss-reactive ketones (excluding diaryl/α,β-unsaturated/α-hetero) is 1. The summed E-state index contributed by atoms with van der Waals surface area (Å²) in [5, 5.41) is 11.7. The van der Waals surface area contributed by atoms with E-state index in [9.17, 15) is 9.90 Å². The summed E-state index contributed by atoms with van der Waals surface area (Å²) < 4.78 is 0. The molecule has 7 atom stereocenters. The van der Waals surface area contributed by atoms with Crippen LogP contribution >= 0.6 is 0 Å². The van der Waals surface area contributed by atoms with E-state index in [4.69, 9.17) is 0 Å². The smallest absolute Gasteiger partial charge is 0.168 e. The highest BCUT2D eigenvalue weighted by Gasteiger charge is 2.72. The maximum absolute atomic E-state index is 13.8. The molecule has 134 valence electrons. The maximum atomic E-state index is 13.8. The molecule has 24 heavy (non-hydrogen) atoms. The lowest BCUT2D eigenvalue weighted by atomic mass is 9.58. The zero-order valence-corrected chi connectivity index (χ0v) is 16.2. The molecule has 0 spiro atoms. The fourth-order valence-corrected chi connectivity index (χ4v) is 7.28. The topological polar surface area (TPSA) is 37.3 Å². The molecule has 0 aliphatic heterocycles. The van der Waals surface area contributed by atoms with E-state index in [2.05, 4.69) is 53.7 Å². The number of hydrogen-bond donors (Lipinski definition) is 1. The molecule has 2 heteroatoms. The van der Waals surface area contributed by atoms with Crippen LogP contribution in [0.2, 0.25) is 0 Å². The lowest BCUT2D eigenvalue weighted by molar-refractivity contribution is -0.163. The van der Waals surface area contributed by atoms with Crippen molar-refractivity contribution in [3.05, 3.63) is 12.2 Å². The summed E-state index contributed by atoms with van der Waals surface area (Å²) in [6, 6.07) is 0. The number of fused-ring (bicyclic) bond motifs is 4. The predicted octanol–water partition coefficient (Wildman–Crippen LogP) is 4.62. The van der Waals surface area contributed by atoms with Gasteiger partial charge in [0.2, 0.25) is 0 Å². The van der Waals surface area contributed by atoms with Crippen molar-refractivity contribution in [3.63, 3.8) is 0 Å². The Bertz CT molecular complexity index is 610. The largest absolute Gasteiger partial charge is 0.381 e. The summed E-state index contributed by atoms with van der Waals surface area (Å²) in [4.78, 5) is 13.8. The number of aliphatic hydroxyl groups is 1. The number of ketones is 1. The first-order valence-corrected chi connectivity index (χ1v) is 9.88. The Morgan fingerprint density at radius 3 is 2.25 bits per heavy atom. The van der Waals surface area contributed by atoms with Crippen LogP contribution in [-0.4, -0.2) is 16.5 Å². The van der Waals surface area contributed by atoms with Crippen LogP contribution in [0.4, 0.5) is 0 Å². The van der Waals surface area contributed by atoms with Crippen LogP contribution in [0.3, 0.4) is 0 Å². The highest BCUT2D eigenvalue weighted by atomic mass is 16.3. The van der Waals surface area contributed by atoms with E-state index in [0.29, 0.717) is 30.1 Å². The molecule has 0 aromatic heterocycles. The Morgan fingerprint density at radius 1 is 1.12 bits per heavy atom. The molecule has 4 bridgehead atoms. The summed E-state index contributed by atoms with van der Waals surface area (Å²) >= 11 is 0. The van der Waals surface area contributed by atoms with Crippen molar-refractivity contribution < 1.29 is 9.90 Å². The van der Waals surface area contributed by atoms with Gasteiger partial charge in [-0.2, -0.15) is 0 Å². The van der Waals surface area contributed by atoms with Crippen molar-refractivity contribution in [3.8, 4) is 0 Å². The zero-order chi connectivity index (χ0) is 17.7. The normalized spacial score (nSPS) is 51.5. The first-order valence-electron chi connectivity index (χ1n) is 9.88. The summed E-state index contributed by atoms with van der Waals surface area (Å²) in [5.41, 5.74) is -1.22. The molecule has 4 rings (SSSR count). The van der Waals surface area contributed by atoms with E-state index in [0.717, 1.165) is 12.8 Å². The fourth-order valence-electron chi connectivity index (χ4n) is 7.28. The highest BCUT2D eigenvalue weighted by Crippen LogP contribution is 2.71. The molecule has 2 nitrogen and oxygen atoms in total. The molecular weight excluding hydrogens is 296 g/mol. The standard InChI is InChI=1S/C22H34O2/c1-19(2,3)17-14-8-7-13(11-14)16(17)18(23)22(24)12-15-9-10-21(22,6)20(15,4)5/h7-8,13-17,24H,9-12H2,1-6H3/t13-,14+,15+,16-,17-,21+,22-/m0/s1. The van der Waals surface area contributed by atoms with Crippen LogP contribution < -0.4 is 0 Å². The van der Waals surface area contributed by atoms with Crippen molar-refractivity contribution >= 4 is 5.78 Å². The number of carbonyl (C=O) groups is 1. The van der Waals surface area contributed by atoms with Crippen LogP contribution in [0.25, 0.3) is 0 Å². The quantitative estimate of drug-likeness (QED) is 0.750. The first-order chi connectivity index (χ1) is 10.9. The van der Waals surface area contributed by atoms with E-state index < -0.39 is 5.60 Å². The molecule has 0 amide bonds. The molecule has 0 unspecified atom stereocenters. The molecule has 4 aliphatic carbocycles. The van der Waals surface area contributed by atoms with Gasteiger partial charge in [-0.3, -0.25) is 4.79 Å². The van der Waals surface area contributed by atoms with Gasteiger partial charge in [0.25, 0.3) is 0 Å². The minimum Gasteiger partial charge on any atom is -0.381 e. The third-order valence-corrected chi connectivity index (χ3v) is 9.06. The molecule has 0 saturated heterocycles. The molecule has 1 N–H and O–H groups in total. The van der Waals surface area contributed by atoms with Crippen molar-refractivity contribution in [2.75, 3.05) is 0 Å². The van der Waals surface area contributed by atoms with Crippen molar-refractivity contribution in [1.29, 1.82) is 0 Å². The van der Waals surface area contributed by atoms with Crippen molar-refractivity contribution in [1.82, 2.24) is 0 Å². The average molecular weight is 331 g/mol. The number of hydrogen-bond acceptors (Lipinski definition) is 2. The summed E-state index contributed by atoms with van der Waals surface area (Å²) in [7, 11) is 0. The monoisotopic (exact) mass is 330 g/mol. The minimum absolute atomic E-state index is 0.0111. The third-order valence-electron chi connectivity index (χ3n) is 9.06. The number of rotatable bonds is 2. The van der Waals surface area contributed by atoms with Crippen LogP contribution in [0.5, 0.6) is 0 Å². The molecule has 0 radical (unpaired) electrons. The van der Waals surface area contributed by atoms with Crippen LogP contribution in [0.1, 0.15) is 67.2 Å². The van der Waals surface area contributed by atoms with Crippen LogP contribution in [-0.2, 0) is 4.79 Å². The molecule has 3 fully saturated rings. The predicted molar refractivity (Wildman–Crippen MR) is 96.4 cm³/mol. The SMILES string of the molecule is CC(C)(C)[C@@H]1[C@@H](C(=O)[C@@]2(O)C[C@H]3CC[C@]2(C)C3(C)C)[C@H]2C=C[C@@H]1C2. The Balaban J connectivity index is 1.73. The number of carbonyl (C=O) groups excluding carboxylic acids is 1. The zero-order valence-electron chi connectivity index (χ0n) is 16.2.